The van der Waals surface area contributed by atoms with Crippen LogP contribution in [0.1, 0.15) is 49.5 Å². The van der Waals surface area contributed by atoms with Crippen molar-refractivity contribution in [1.29, 1.82) is 0 Å². The van der Waals surface area contributed by atoms with E-state index in [4.69, 9.17) is 33.5 Å². The number of rotatable bonds is 6. The van der Waals surface area contributed by atoms with Crippen molar-refractivity contribution in [2.75, 3.05) is 0 Å². The van der Waals surface area contributed by atoms with Gasteiger partial charge in [0.15, 0.2) is 5.82 Å². The highest BCUT2D eigenvalue weighted by Crippen LogP contribution is 2.26. The summed E-state index contributed by atoms with van der Waals surface area (Å²) < 4.78 is 5.20. The highest BCUT2D eigenvalue weighted by Gasteiger charge is 2.16. The lowest BCUT2D eigenvalue weighted by Crippen LogP contribution is -2.10. The van der Waals surface area contributed by atoms with Gasteiger partial charge in [0, 0.05) is 16.5 Å². The first-order valence-electron chi connectivity index (χ1n) is 6.62. The normalized spacial score (nSPS) is 12.6. The number of hydrogen-bond acceptors (Lipinski definition) is 4. The Bertz CT molecular complexity index is 551. The number of hydrogen-bond donors (Lipinski definition) is 1. The third-order valence-electron chi connectivity index (χ3n) is 3.07. The molecule has 2 aromatic rings. The summed E-state index contributed by atoms with van der Waals surface area (Å²) in [5.74, 6) is 1.01. The molecule has 4 nitrogen and oxygen atoms in total. The van der Waals surface area contributed by atoms with Crippen LogP contribution in [0.4, 0.5) is 0 Å². The highest BCUT2D eigenvalue weighted by molar-refractivity contribution is 6.36. The van der Waals surface area contributed by atoms with Crippen LogP contribution in [0.5, 0.6) is 0 Å². The van der Waals surface area contributed by atoms with Crippen molar-refractivity contribution in [1.82, 2.24) is 10.1 Å². The maximum Gasteiger partial charge on any atom is 0.243 e. The van der Waals surface area contributed by atoms with Gasteiger partial charge in [0.2, 0.25) is 5.89 Å². The van der Waals surface area contributed by atoms with Crippen LogP contribution in [0.15, 0.2) is 22.7 Å². The number of benzene rings is 1. The molecule has 0 fully saturated rings. The third kappa shape index (κ3) is 3.72. The van der Waals surface area contributed by atoms with Crippen molar-refractivity contribution in [3.05, 3.63) is 45.5 Å². The molecule has 0 amide bonds. The Morgan fingerprint density at radius 2 is 2.00 bits per heavy atom. The summed E-state index contributed by atoms with van der Waals surface area (Å²) >= 11 is 12.2. The van der Waals surface area contributed by atoms with Crippen LogP contribution < -0.4 is 5.73 Å². The highest BCUT2D eigenvalue weighted by atomic mass is 35.5. The molecule has 1 atom stereocenters. The van der Waals surface area contributed by atoms with Crippen molar-refractivity contribution in [3.63, 3.8) is 0 Å². The zero-order valence-electron chi connectivity index (χ0n) is 11.3. The van der Waals surface area contributed by atoms with Crippen LogP contribution in [0.3, 0.4) is 0 Å². The molecule has 6 heteroatoms. The lowest BCUT2D eigenvalue weighted by Gasteiger charge is -2.04. The minimum atomic E-state index is -0.210. The van der Waals surface area contributed by atoms with Gasteiger partial charge in [-0.15, -0.1) is 0 Å². The molecule has 2 N–H and O–H groups in total. The van der Waals surface area contributed by atoms with E-state index >= 15 is 0 Å². The number of nitrogens with zero attached hydrogens (tertiary/aromatic N) is 2. The second kappa shape index (κ2) is 7.07. The van der Waals surface area contributed by atoms with Crippen molar-refractivity contribution < 1.29 is 4.52 Å². The Labute approximate surface area is 128 Å². The van der Waals surface area contributed by atoms with Gasteiger partial charge in [-0.1, -0.05) is 54.2 Å². The maximum atomic E-state index is 6.12. The molecular formula is C14H17Cl2N3O. The summed E-state index contributed by atoms with van der Waals surface area (Å²) in [6.07, 6.45) is 3.40. The van der Waals surface area contributed by atoms with E-state index in [1.165, 1.54) is 0 Å². The van der Waals surface area contributed by atoms with Gasteiger partial charge in [0.25, 0.3) is 0 Å². The molecule has 0 bridgehead atoms. The van der Waals surface area contributed by atoms with Crippen LogP contribution >= 0.6 is 23.2 Å². The summed E-state index contributed by atoms with van der Waals surface area (Å²) in [6.45, 7) is 2.12. The SMILES string of the molecule is CCCCC(N)c1nc(Cc2c(Cl)cccc2Cl)no1. The molecule has 0 radical (unpaired) electrons. The average Bonchev–Trinajstić information content (AvgIpc) is 2.89. The van der Waals surface area contributed by atoms with E-state index in [-0.39, 0.29) is 6.04 Å². The molecular weight excluding hydrogens is 297 g/mol. The lowest BCUT2D eigenvalue weighted by atomic mass is 10.1. The minimum Gasteiger partial charge on any atom is -0.338 e. The maximum absolute atomic E-state index is 6.12. The molecule has 2 rings (SSSR count). The fourth-order valence-corrected chi connectivity index (χ4v) is 2.43. The topological polar surface area (TPSA) is 64.9 Å². The minimum absolute atomic E-state index is 0.210. The first-order chi connectivity index (χ1) is 9.61. The van der Waals surface area contributed by atoms with Gasteiger partial charge in [-0.05, 0) is 24.1 Å². The van der Waals surface area contributed by atoms with E-state index in [2.05, 4.69) is 17.1 Å². The Morgan fingerprint density at radius 3 is 2.65 bits per heavy atom. The van der Waals surface area contributed by atoms with E-state index in [0.717, 1.165) is 24.8 Å². The van der Waals surface area contributed by atoms with Crippen LogP contribution in [-0.2, 0) is 6.42 Å². The second-order valence-electron chi connectivity index (χ2n) is 4.67. The monoisotopic (exact) mass is 313 g/mol. The first-order valence-corrected chi connectivity index (χ1v) is 7.38. The summed E-state index contributed by atoms with van der Waals surface area (Å²) in [7, 11) is 0. The fraction of sp³-hybridized carbons (Fsp3) is 0.429. The number of nitrogens with two attached hydrogens (primary N) is 1. The Balaban J connectivity index is 2.10. The van der Waals surface area contributed by atoms with Crippen LogP contribution in [-0.4, -0.2) is 10.1 Å². The van der Waals surface area contributed by atoms with Crippen LogP contribution in [0.2, 0.25) is 10.0 Å². The predicted octanol–water partition coefficient (Wildman–Crippen LogP) is 4.16. The van der Waals surface area contributed by atoms with E-state index in [0.29, 0.717) is 28.2 Å². The zero-order chi connectivity index (χ0) is 14.5. The molecule has 1 heterocycles. The van der Waals surface area contributed by atoms with Crippen molar-refractivity contribution >= 4 is 23.2 Å². The van der Waals surface area contributed by atoms with E-state index < -0.39 is 0 Å². The first kappa shape index (κ1) is 15.3. The molecule has 20 heavy (non-hydrogen) atoms. The lowest BCUT2D eigenvalue weighted by molar-refractivity contribution is 0.343. The molecule has 0 spiro atoms. The van der Waals surface area contributed by atoms with Crippen molar-refractivity contribution in [2.24, 2.45) is 5.73 Å². The molecule has 1 unspecified atom stereocenters. The summed E-state index contributed by atoms with van der Waals surface area (Å²) in [4.78, 5) is 4.32. The van der Waals surface area contributed by atoms with Gasteiger partial charge in [-0.2, -0.15) is 4.98 Å². The molecule has 1 aromatic heterocycles. The molecule has 108 valence electrons. The van der Waals surface area contributed by atoms with Gasteiger partial charge in [0.1, 0.15) is 0 Å². The molecule has 0 saturated heterocycles. The van der Waals surface area contributed by atoms with Crippen molar-refractivity contribution in [2.45, 2.75) is 38.6 Å². The summed E-state index contributed by atoms with van der Waals surface area (Å²) in [6, 6.07) is 5.17. The standard InChI is InChI=1S/C14H17Cl2N3O/c1-2-3-7-12(17)14-18-13(19-20-14)8-9-10(15)5-4-6-11(9)16/h4-6,12H,2-3,7-8,17H2,1H3. The third-order valence-corrected chi connectivity index (χ3v) is 3.77. The average molecular weight is 314 g/mol. The Kier molecular flexibility index (Phi) is 5.40. The van der Waals surface area contributed by atoms with Gasteiger partial charge in [-0.25, -0.2) is 0 Å². The molecule has 0 aliphatic rings. The van der Waals surface area contributed by atoms with Gasteiger partial charge in [0.05, 0.1) is 6.04 Å². The van der Waals surface area contributed by atoms with Gasteiger partial charge >= 0.3 is 0 Å². The second-order valence-corrected chi connectivity index (χ2v) is 5.49. The quantitative estimate of drug-likeness (QED) is 0.869. The van der Waals surface area contributed by atoms with E-state index in [1.807, 2.05) is 0 Å². The summed E-state index contributed by atoms with van der Waals surface area (Å²) in [5, 5.41) is 5.13. The largest absolute Gasteiger partial charge is 0.338 e. The molecule has 0 aliphatic carbocycles. The molecule has 1 aromatic carbocycles. The van der Waals surface area contributed by atoms with E-state index in [1.54, 1.807) is 18.2 Å². The van der Waals surface area contributed by atoms with Crippen LogP contribution in [0.25, 0.3) is 0 Å². The van der Waals surface area contributed by atoms with Gasteiger partial charge < -0.3 is 10.3 Å². The number of aromatic nitrogens is 2. The van der Waals surface area contributed by atoms with E-state index in [9.17, 15) is 0 Å². The fourth-order valence-electron chi connectivity index (χ4n) is 1.90. The predicted molar refractivity (Wildman–Crippen MR) is 80.0 cm³/mol. The van der Waals surface area contributed by atoms with Crippen LogP contribution in [0, 0.1) is 0 Å². The number of unbranched alkanes of at least 4 members (excludes halogenated alkanes) is 1. The van der Waals surface area contributed by atoms with Crippen molar-refractivity contribution in [3.8, 4) is 0 Å². The smallest absolute Gasteiger partial charge is 0.243 e. The zero-order valence-corrected chi connectivity index (χ0v) is 12.8. The molecule has 0 aliphatic heterocycles. The summed E-state index contributed by atoms with van der Waals surface area (Å²) in [5.41, 5.74) is 6.80. The number of halogens is 2. The Hall–Kier alpha value is -1.10. The Morgan fingerprint density at radius 1 is 1.30 bits per heavy atom. The molecule has 0 saturated carbocycles. The van der Waals surface area contributed by atoms with Gasteiger partial charge in [-0.3, -0.25) is 0 Å².